The number of carbonyl (C=O) groups is 2. The van der Waals surface area contributed by atoms with Crippen LogP contribution in [0.5, 0.6) is 0 Å². The Bertz CT molecular complexity index is 825. The molecule has 2 aromatic rings. The number of hydrogen-bond acceptors (Lipinski definition) is 3. The Balaban J connectivity index is 1.90. The van der Waals surface area contributed by atoms with Gasteiger partial charge in [0.2, 0.25) is 0 Å². The molecular formula is C18H18BrNO4. The first-order chi connectivity index (χ1) is 11.4. The molecule has 0 unspecified atom stereocenters. The van der Waals surface area contributed by atoms with Crippen LogP contribution in [0.25, 0.3) is 0 Å². The molecular weight excluding hydrogens is 374 g/mol. The molecule has 2 heterocycles. The highest BCUT2D eigenvalue weighted by molar-refractivity contribution is 9.10. The van der Waals surface area contributed by atoms with Gasteiger partial charge in [0.1, 0.15) is 12.2 Å². The molecule has 0 saturated heterocycles. The Kier molecular flexibility index (Phi) is 4.49. The van der Waals surface area contributed by atoms with Gasteiger partial charge in [0.05, 0.1) is 11.8 Å². The molecule has 24 heavy (non-hydrogen) atoms. The van der Waals surface area contributed by atoms with Crippen LogP contribution in [0.2, 0.25) is 0 Å². The largest absolute Gasteiger partial charge is 0.481 e. The first-order valence-corrected chi connectivity index (χ1v) is 8.52. The van der Waals surface area contributed by atoms with Crippen molar-refractivity contribution in [3.8, 4) is 0 Å². The van der Waals surface area contributed by atoms with Crippen molar-refractivity contribution in [2.45, 2.75) is 33.2 Å². The van der Waals surface area contributed by atoms with Gasteiger partial charge in [-0.2, -0.15) is 0 Å². The summed E-state index contributed by atoms with van der Waals surface area (Å²) < 4.78 is 6.34. The van der Waals surface area contributed by atoms with Gasteiger partial charge in [-0.3, -0.25) is 9.59 Å². The third-order valence-electron chi connectivity index (χ3n) is 4.39. The summed E-state index contributed by atoms with van der Waals surface area (Å²) in [6.07, 6.45) is 1.95. The smallest absolute Gasteiger partial charge is 0.311 e. The predicted molar refractivity (Wildman–Crippen MR) is 92.1 cm³/mol. The van der Waals surface area contributed by atoms with Gasteiger partial charge >= 0.3 is 5.97 Å². The number of carboxylic acid groups (broad SMARTS) is 1. The zero-order valence-electron chi connectivity index (χ0n) is 13.6. The fraction of sp³-hybridized carbons (Fsp3) is 0.333. The molecule has 0 bridgehead atoms. The number of carbonyl (C=O) groups excluding carboxylic acids is 1. The maximum Gasteiger partial charge on any atom is 0.311 e. The number of fused-ring (bicyclic) bond motifs is 1. The van der Waals surface area contributed by atoms with Gasteiger partial charge in [0.15, 0.2) is 0 Å². The van der Waals surface area contributed by atoms with Crippen molar-refractivity contribution in [3.05, 3.63) is 56.4 Å². The zero-order valence-corrected chi connectivity index (χ0v) is 15.1. The van der Waals surface area contributed by atoms with Crippen molar-refractivity contribution in [2.24, 2.45) is 0 Å². The molecule has 1 amide bonds. The highest BCUT2D eigenvalue weighted by Gasteiger charge is 2.28. The van der Waals surface area contributed by atoms with Crippen molar-refractivity contribution >= 4 is 27.8 Å². The summed E-state index contributed by atoms with van der Waals surface area (Å²) in [5.74, 6) is -0.947. The van der Waals surface area contributed by atoms with Crippen molar-refractivity contribution in [3.63, 3.8) is 0 Å². The average Bonchev–Trinajstić information content (AvgIpc) is 2.86. The molecule has 3 rings (SSSR count). The molecule has 0 fully saturated rings. The van der Waals surface area contributed by atoms with Crippen LogP contribution in [0.15, 0.2) is 27.3 Å². The maximum absolute atomic E-state index is 12.9. The maximum atomic E-state index is 12.9. The minimum Gasteiger partial charge on any atom is -0.481 e. The number of carboxylic acids is 1. The number of amides is 1. The summed E-state index contributed by atoms with van der Waals surface area (Å²) in [5, 5.41) is 9.00. The van der Waals surface area contributed by atoms with E-state index in [-0.39, 0.29) is 18.1 Å². The topological polar surface area (TPSA) is 70.8 Å². The minimum atomic E-state index is -1.01. The zero-order chi connectivity index (χ0) is 17.4. The molecule has 1 aliphatic rings. The summed E-state index contributed by atoms with van der Waals surface area (Å²) >= 11 is 3.51. The lowest BCUT2D eigenvalue weighted by Gasteiger charge is -2.30. The molecule has 0 spiro atoms. The normalized spacial score (nSPS) is 13.7. The number of aryl methyl sites for hydroxylation is 2. The van der Waals surface area contributed by atoms with E-state index < -0.39 is 5.97 Å². The van der Waals surface area contributed by atoms with Crippen LogP contribution in [-0.4, -0.2) is 28.4 Å². The third kappa shape index (κ3) is 3.11. The second-order valence-electron chi connectivity index (χ2n) is 6.12. The van der Waals surface area contributed by atoms with E-state index in [1.54, 1.807) is 11.8 Å². The lowest BCUT2D eigenvalue weighted by Crippen LogP contribution is -2.37. The number of benzene rings is 1. The third-order valence-corrected chi connectivity index (χ3v) is 4.85. The van der Waals surface area contributed by atoms with E-state index in [0.717, 1.165) is 16.5 Å². The number of rotatable bonds is 3. The van der Waals surface area contributed by atoms with E-state index in [0.29, 0.717) is 24.2 Å². The fourth-order valence-corrected chi connectivity index (χ4v) is 3.82. The number of hydrogen-bond donors (Lipinski definition) is 1. The Morgan fingerprint density at radius 1 is 1.29 bits per heavy atom. The van der Waals surface area contributed by atoms with E-state index in [9.17, 15) is 9.59 Å². The highest BCUT2D eigenvalue weighted by Crippen LogP contribution is 2.28. The SMILES string of the molecule is Cc1cc(Br)cc2c1CN(C(=O)c1c(C)coc1CC(=O)O)CC2. The van der Waals surface area contributed by atoms with Crippen LogP contribution in [0.1, 0.15) is 38.4 Å². The summed E-state index contributed by atoms with van der Waals surface area (Å²) in [6.45, 7) is 4.95. The van der Waals surface area contributed by atoms with Gasteiger partial charge in [-0.25, -0.2) is 0 Å². The summed E-state index contributed by atoms with van der Waals surface area (Å²) in [6, 6.07) is 4.15. The second-order valence-corrected chi connectivity index (χ2v) is 7.04. The van der Waals surface area contributed by atoms with Gasteiger partial charge in [0.25, 0.3) is 5.91 Å². The molecule has 6 heteroatoms. The van der Waals surface area contributed by atoms with Gasteiger partial charge < -0.3 is 14.4 Å². The lowest BCUT2D eigenvalue weighted by atomic mass is 9.95. The molecule has 0 saturated carbocycles. The number of nitrogens with zero attached hydrogens (tertiary/aromatic N) is 1. The van der Waals surface area contributed by atoms with E-state index >= 15 is 0 Å². The summed E-state index contributed by atoms with van der Waals surface area (Å²) in [4.78, 5) is 25.7. The number of halogens is 1. The molecule has 0 radical (unpaired) electrons. The first-order valence-electron chi connectivity index (χ1n) is 7.72. The van der Waals surface area contributed by atoms with Crippen LogP contribution in [-0.2, 0) is 24.2 Å². The van der Waals surface area contributed by atoms with E-state index in [1.165, 1.54) is 17.4 Å². The molecule has 0 aliphatic carbocycles. The Morgan fingerprint density at radius 3 is 2.75 bits per heavy atom. The Morgan fingerprint density at radius 2 is 2.04 bits per heavy atom. The van der Waals surface area contributed by atoms with E-state index in [2.05, 4.69) is 22.0 Å². The van der Waals surface area contributed by atoms with Crippen LogP contribution in [0.4, 0.5) is 0 Å². The average molecular weight is 392 g/mol. The quantitative estimate of drug-likeness (QED) is 0.868. The van der Waals surface area contributed by atoms with Crippen LogP contribution in [0, 0.1) is 13.8 Å². The first kappa shape index (κ1) is 16.8. The van der Waals surface area contributed by atoms with Gasteiger partial charge in [-0.1, -0.05) is 15.9 Å². The molecule has 1 aromatic carbocycles. The predicted octanol–water partition coefficient (Wildman–Crippen LogP) is 3.48. The monoisotopic (exact) mass is 391 g/mol. The second kappa shape index (κ2) is 6.43. The lowest BCUT2D eigenvalue weighted by molar-refractivity contribution is -0.136. The molecule has 0 atom stereocenters. The Hall–Kier alpha value is -2.08. The van der Waals surface area contributed by atoms with E-state index in [1.807, 2.05) is 13.0 Å². The fourth-order valence-electron chi connectivity index (χ4n) is 3.20. The van der Waals surface area contributed by atoms with Gasteiger partial charge in [-0.05, 0) is 49.1 Å². The number of furan rings is 1. The van der Waals surface area contributed by atoms with Crippen molar-refractivity contribution in [2.75, 3.05) is 6.54 Å². The van der Waals surface area contributed by atoms with Crippen LogP contribution >= 0.6 is 15.9 Å². The molecule has 1 aliphatic heterocycles. The van der Waals surface area contributed by atoms with Crippen molar-refractivity contribution < 1.29 is 19.1 Å². The minimum absolute atomic E-state index is 0.162. The summed E-state index contributed by atoms with van der Waals surface area (Å²) in [7, 11) is 0. The Labute approximate surface area is 148 Å². The van der Waals surface area contributed by atoms with Gasteiger partial charge in [-0.15, -0.1) is 0 Å². The van der Waals surface area contributed by atoms with Crippen molar-refractivity contribution in [1.29, 1.82) is 0 Å². The highest BCUT2D eigenvalue weighted by atomic mass is 79.9. The van der Waals surface area contributed by atoms with Crippen molar-refractivity contribution in [1.82, 2.24) is 4.90 Å². The molecule has 1 N–H and O–H groups in total. The van der Waals surface area contributed by atoms with Crippen LogP contribution in [0.3, 0.4) is 0 Å². The molecule has 1 aromatic heterocycles. The molecule has 5 nitrogen and oxygen atoms in total. The molecule has 126 valence electrons. The van der Waals surface area contributed by atoms with E-state index in [4.69, 9.17) is 9.52 Å². The number of aliphatic carboxylic acids is 1. The standard InChI is InChI=1S/C18H18BrNO4/c1-10-5-13(19)6-12-3-4-20(8-14(10)12)18(23)17-11(2)9-24-15(17)7-16(21)22/h5-6,9H,3-4,7-8H2,1-2H3,(H,21,22). The summed E-state index contributed by atoms with van der Waals surface area (Å²) in [5.41, 5.74) is 4.62. The van der Waals surface area contributed by atoms with Gasteiger partial charge in [0, 0.05) is 23.1 Å². The van der Waals surface area contributed by atoms with Crippen LogP contribution < -0.4 is 0 Å².